The Bertz CT molecular complexity index is 431. The lowest BCUT2D eigenvalue weighted by Gasteiger charge is -2.32. The summed E-state index contributed by atoms with van der Waals surface area (Å²) in [5.74, 6) is 0.887. The van der Waals surface area contributed by atoms with Gasteiger partial charge >= 0.3 is 0 Å². The van der Waals surface area contributed by atoms with Crippen LogP contribution in [0.2, 0.25) is 0 Å². The molecule has 0 saturated carbocycles. The summed E-state index contributed by atoms with van der Waals surface area (Å²) >= 11 is 0. The van der Waals surface area contributed by atoms with Gasteiger partial charge in [-0.2, -0.15) is 0 Å². The molecule has 0 aromatic heterocycles. The third-order valence-electron chi connectivity index (χ3n) is 3.74. The van der Waals surface area contributed by atoms with E-state index in [0.717, 1.165) is 18.0 Å². The van der Waals surface area contributed by atoms with Crippen LogP contribution in [0.15, 0.2) is 24.3 Å². The number of rotatable bonds is 5. The van der Waals surface area contributed by atoms with Gasteiger partial charge in [-0.3, -0.25) is 9.69 Å². The van der Waals surface area contributed by atoms with Gasteiger partial charge in [0.05, 0.1) is 13.2 Å². The third-order valence-corrected chi connectivity index (χ3v) is 3.74. The Morgan fingerprint density at radius 1 is 1.35 bits per heavy atom. The number of likely N-dealkylation sites (tertiary alicyclic amines) is 1. The molecule has 1 aliphatic heterocycles. The fraction of sp³-hybridized carbons (Fsp3) is 0.562. The highest BCUT2D eigenvalue weighted by molar-refractivity contribution is 5.92. The van der Waals surface area contributed by atoms with Crippen LogP contribution in [0.1, 0.15) is 33.1 Å². The number of piperidine rings is 1. The normalized spacial score (nSPS) is 19.6. The number of hydrogen-bond donors (Lipinski definition) is 1. The van der Waals surface area contributed by atoms with Crippen LogP contribution in [-0.2, 0) is 4.79 Å². The molecule has 1 aliphatic rings. The summed E-state index contributed by atoms with van der Waals surface area (Å²) in [5.41, 5.74) is 0.822. The average Bonchev–Trinajstić information content (AvgIpc) is 2.44. The van der Waals surface area contributed by atoms with Crippen molar-refractivity contribution in [2.75, 3.05) is 25.0 Å². The predicted octanol–water partition coefficient (Wildman–Crippen LogP) is 2.90. The fourth-order valence-corrected chi connectivity index (χ4v) is 2.58. The Morgan fingerprint density at radius 2 is 2.10 bits per heavy atom. The lowest BCUT2D eigenvalue weighted by molar-refractivity contribution is -0.118. The quantitative estimate of drug-likeness (QED) is 0.899. The fourth-order valence-electron chi connectivity index (χ4n) is 2.58. The summed E-state index contributed by atoms with van der Waals surface area (Å²) in [5, 5.41) is 2.94. The zero-order chi connectivity index (χ0) is 14.4. The number of nitrogens with one attached hydrogen (secondary N) is 1. The number of ether oxygens (including phenoxy) is 1. The van der Waals surface area contributed by atoms with Gasteiger partial charge in [-0.05, 0) is 57.5 Å². The van der Waals surface area contributed by atoms with Gasteiger partial charge in [-0.1, -0.05) is 6.42 Å². The SMILES string of the molecule is CCOc1ccc(NC(=O)CN2CCCC[C@@H]2C)cc1. The molecule has 0 aliphatic carbocycles. The summed E-state index contributed by atoms with van der Waals surface area (Å²) in [6.07, 6.45) is 3.66. The molecule has 0 bridgehead atoms. The van der Waals surface area contributed by atoms with E-state index in [4.69, 9.17) is 4.74 Å². The van der Waals surface area contributed by atoms with E-state index >= 15 is 0 Å². The summed E-state index contributed by atoms with van der Waals surface area (Å²) in [7, 11) is 0. The van der Waals surface area contributed by atoms with Crippen LogP contribution in [0, 0.1) is 0 Å². The van der Waals surface area contributed by atoms with E-state index in [1.165, 1.54) is 19.3 Å². The predicted molar refractivity (Wildman–Crippen MR) is 81.1 cm³/mol. The monoisotopic (exact) mass is 276 g/mol. The van der Waals surface area contributed by atoms with Gasteiger partial charge in [0.1, 0.15) is 5.75 Å². The summed E-state index contributed by atoms with van der Waals surface area (Å²) < 4.78 is 5.38. The minimum Gasteiger partial charge on any atom is -0.494 e. The molecule has 1 aromatic rings. The van der Waals surface area contributed by atoms with Gasteiger partial charge in [0, 0.05) is 11.7 Å². The van der Waals surface area contributed by atoms with Gasteiger partial charge in [-0.15, -0.1) is 0 Å². The second-order valence-electron chi connectivity index (χ2n) is 5.32. The van der Waals surface area contributed by atoms with Gasteiger partial charge in [-0.25, -0.2) is 0 Å². The number of anilines is 1. The smallest absolute Gasteiger partial charge is 0.238 e. The van der Waals surface area contributed by atoms with E-state index in [1.807, 2.05) is 31.2 Å². The summed E-state index contributed by atoms with van der Waals surface area (Å²) in [6, 6.07) is 8.02. The van der Waals surface area contributed by atoms with Crippen LogP contribution in [0.4, 0.5) is 5.69 Å². The highest BCUT2D eigenvalue weighted by atomic mass is 16.5. The van der Waals surface area contributed by atoms with Crippen molar-refractivity contribution < 1.29 is 9.53 Å². The third kappa shape index (κ3) is 4.23. The van der Waals surface area contributed by atoms with Gasteiger partial charge in [0.25, 0.3) is 0 Å². The van der Waals surface area contributed by atoms with Gasteiger partial charge < -0.3 is 10.1 Å². The Hall–Kier alpha value is -1.55. The molecular formula is C16H24N2O2. The Kier molecular flexibility index (Phi) is 5.41. The molecule has 4 heteroatoms. The molecule has 0 radical (unpaired) electrons. The minimum atomic E-state index is 0.0582. The van der Waals surface area contributed by atoms with Gasteiger partial charge in [0.15, 0.2) is 0 Å². The number of nitrogens with zero attached hydrogens (tertiary/aromatic N) is 1. The zero-order valence-corrected chi connectivity index (χ0v) is 12.4. The molecule has 1 aromatic carbocycles. The largest absolute Gasteiger partial charge is 0.494 e. The van der Waals surface area contributed by atoms with Gasteiger partial charge in [0.2, 0.25) is 5.91 Å². The number of benzene rings is 1. The first kappa shape index (κ1) is 14.9. The van der Waals surface area contributed by atoms with E-state index in [9.17, 15) is 4.79 Å². The van der Waals surface area contributed by atoms with Crippen LogP contribution in [-0.4, -0.2) is 36.5 Å². The molecule has 110 valence electrons. The molecule has 1 fully saturated rings. The molecule has 1 atom stereocenters. The number of hydrogen-bond acceptors (Lipinski definition) is 3. The average molecular weight is 276 g/mol. The lowest BCUT2D eigenvalue weighted by atomic mass is 10.0. The van der Waals surface area contributed by atoms with Crippen LogP contribution < -0.4 is 10.1 Å². The highest BCUT2D eigenvalue weighted by Gasteiger charge is 2.20. The molecule has 1 N–H and O–H groups in total. The molecule has 2 rings (SSSR count). The van der Waals surface area contributed by atoms with Crippen molar-refractivity contribution in [1.29, 1.82) is 0 Å². The van der Waals surface area contributed by atoms with Crippen molar-refractivity contribution in [1.82, 2.24) is 4.90 Å². The van der Waals surface area contributed by atoms with Crippen molar-refractivity contribution in [3.8, 4) is 5.75 Å². The Labute approximate surface area is 121 Å². The second kappa shape index (κ2) is 7.29. The molecule has 4 nitrogen and oxygen atoms in total. The van der Waals surface area contributed by atoms with E-state index < -0.39 is 0 Å². The molecule has 0 unspecified atom stereocenters. The first-order valence-electron chi connectivity index (χ1n) is 7.46. The Balaban J connectivity index is 1.84. The molecule has 1 amide bonds. The van der Waals surface area contributed by atoms with Crippen LogP contribution in [0.3, 0.4) is 0 Å². The van der Waals surface area contributed by atoms with E-state index in [2.05, 4.69) is 17.1 Å². The van der Waals surface area contributed by atoms with Crippen molar-refractivity contribution in [3.63, 3.8) is 0 Å². The number of amides is 1. The number of carbonyl (C=O) groups is 1. The van der Waals surface area contributed by atoms with E-state index in [0.29, 0.717) is 19.2 Å². The van der Waals surface area contributed by atoms with Crippen molar-refractivity contribution in [2.24, 2.45) is 0 Å². The topological polar surface area (TPSA) is 41.6 Å². The van der Waals surface area contributed by atoms with Crippen molar-refractivity contribution >= 4 is 11.6 Å². The minimum absolute atomic E-state index is 0.0582. The maximum Gasteiger partial charge on any atom is 0.238 e. The van der Waals surface area contributed by atoms with E-state index in [1.54, 1.807) is 0 Å². The lowest BCUT2D eigenvalue weighted by Crippen LogP contribution is -2.42. The van der Waals surface area contributed by atoms with Crippen LogP contribution in [0.25, 0.3) is 0 Å². The Morgan fingerprint density at radius 3 is 2.75 bits per heavy atom. The summed E-state index contributed by atoms with van der Waals surface area (Å²) in [4.78, 5) is 14.3. The van der Waals surface area contributed by atoms with Crippen molar-refractivity contribution in [2.45, 2.75) is 39.2 Å². The summed E-state index contributed by atoms with van der Waals surface area (Å²) in [6.45, 7) is 6.31. The highest BCUT2D eigenvalue weighted by Crippen LogP contribution is 2.17. The molecule has 1 heterocycles. The standard InChI is InChI=1S/C16H24N2O2/c1-3-20-15-9-7-14(8-10-15)17-16(19)12-18-11-5-4-6-13(18)2/h7-10,13H,3-6,11-12H2,1-2H3,(H,17,19)/t13-/m0/s1. The maximum atomic E-state index is 12.1. The van der Waals surface area contributed by atoms with Crippen molar-refractivity contribution in [3.05, 3.63) is 24.3 Å². The zero-order valence-electron chi connectivity index (χ0n) is 12.4. The first-order chi connectivity index (χ1) is 9.69. The molecule has 20 heavy (non-hydrogen) atoms. The number of carbonyl (C=O) groups excluding carboxylic acids is 1. The molecule has 0 spiro atoms. The molecular weight excluding hydrogens is 252 g/mol. The second-order valence-corrected chi connectivity index (χ2v) is 5.32. The maximum absolute atomic E-state index is 12.1. The van der Waals surface area contributed by atoms with E-state index in [-0.39, 0.29) is 5.91 Å². The first-order valence-corrected chi connectivity index (χ1v) is 7.46. The van der Waals surface area contributed by atoms with Crippen LogP contribution in [0.5, 0.6) is 5.75 Å². The van der Waals surface area contributed by atoms with Crippen LogP contribution >= 0.6 is 0 Å². The molecule has 1 saturated heterocycles.